The van der Waals surface area contributed by atoms with E-state index in [9.17, 15) is 4.39 Å². The molecule has 0 unspecified atom stereocenters. The van der Waals surface area contributed by atoms with Gasteiger partial charge in [0.2, 0.25) is 5.95 Å². The lowest BCUT2D eigenvalue weighted by Crippen LogP contribution is -2.11. The van der Waals surface area contributed by atoms with Gasteiger partial charge in [-0.05, 0) is 37.6 Å². The lowest BCUT2D eigenvalue weighted by molar-refractivity contribution is 0.628. The molecule has 0 radical (unpaired) electrons. The molecule has 2 aromatic heterocycles. The Morgan fingerprint density at radius 1 is 1.19 bits per heavy atom. The molecule has 4 N–H and O–H groups in total. The summed E-state index contributed by atoms with van der Waals surface area (Å²) in [7, 11) is 0. The molecule has 0 atom stereocenters. The number of nitrogen functional groups attached to an aromatic ring is 1. The molecule has 2 heterocycles. The zero-order valence-electron chi connectivity index (χ0n) is 11.6. The van der Waals surface area contributed by atoms with Crippen molar-refractivity contribution in [3.05, 3.63) is 40.5 Å². The van der Waals surface area contributed by atoms with Crippen LogP contribution in [-0.4, -0.2) is 9.97 Å². The van der Waals surface area contributed by atoms with E-state index in [2.05, 4.69) is 20.7 Å². The molecule has 3 aromatic rings. The van der Waals surface area contributed by atoms with Gasteiger partial charge in [0.1, 0.15) is 16.5 Å². The summed E-state index contributed by atoms with van der Waals surface area (Å²) in [6.45, 7) is 3.90. The van der Waals surface area contributed by atoms with Crippen molar-refractivity contribution in [1.29, 1.82) is 0 Å². The Hall–Kier alpha value is -2.25. The summed E-state index contributed by atoms with van der Waals surface area (Å²) in [5.41, 5.74) is 4.05. The van der Waals surface area contributed by atoms with Gasteiger partial charge in [0.15, 0.2) is 0 Å². The van der Waals surface area contributed by atoms with Crippen molar-refractivity contribution in [2.75, 3.05) is 10.7 Å². The van der Waals surface area contributed by atoms with Gasteiger partial charge in [-0.25, -0.2) is 15.2 Å². The zero-order chi connectivity index (χ0) is 15.0. The van der Waals surface area contributed by atoms with Crippen LogP contribution in [0.5, 0.6) is 0 Å². The highest BCUT2D eigenvalue weighted by Gasteiger charge is 2.11. The monoisotopic (exact) mass is 303 g/mol. The minimum Gasteiger partial charge on any atom is -0.339 e. The first-order valence-corrected chi connectivity index (χ1v) is 7.16. The molecule has 108 valence electrons. The minimum absolute atomic E-state index is 0.299. The predicted molar refractivity (Wildman–Crippen MR) is 84.4 cm³/mol. The fourth-order valence-corrected chi connectivity index (χ4v) is 2.94. The number of nitrogens with two attached hydrogens (primary N) is 1. The molecule has 21 heavy (non-hydrogen) atoms. The number of aryl methyl sites for hydroxylation is 2. The first-order valence-electron chi connectivity index (χ1n) is 6.35. The Labute approximate surface area is 125 Å². The molecule has 7 heteroatoms. The second-order valence-corrected chi connectivity index (χ2v) is 5.94. The number of hydrogen-bond acceptors (Lipinski definition) is 6. The van der Waals surface area contributed by atoms with Gasteiger partial charge in [-0.15, -0.1) is 11.3 Å². The highest BCUT2D eigenvalue weighted by Crippen LogP contribution is 2.32. The van der Waals surface area contributed by atoms with Crippen LogP contribution in [0.15, 0.2) is 24.3 Å². The molecule has 0 fully saturated rings. The first-order chi connectivity index (χ1) is 10.1. The van der Waals surface area contributed by atoms with Crippen molar-refractivity contribution in [2.45, 2.75) is 13.8 Å². The maximum atomic E-state index is 13.4. The van der Waals surface area contributed by atoms with Gasteiger partial charge in [0, 0.05) is 10.6 Å². The Bertz CT molecular complexity index is 814. The maximum absolute atomic E-state index is 13.4. The van der Waals surface area contributed by atoms with Crippen molar-refractivity contribution in [3.8, 4) is 0 Å². The van der Waals surface area contributed by atoms with Gasteiger partial charge in [-0.3, -0.25) is 5.43 Å². The SMILES string of the molecule is Cc1cc2c(Nc3cc(F)ccc3C)nc(NN)nc2s1. The van der Waals surface area contributed by atoms with Crippen LogP contribution in [-0.2, 0) is 0 Å². The highest BCUT2D eigenvalue weighted by atomic mass is 32.1. The normalized spacial score (nSPS) is 10.9. The van der Waals surface area contributed by atoms with Crippen molar-refractivity contribution >= 4 is 39.0 Å². The standard InChI is InChI=1S/C14H14FN5S/c1-7-3-4-9(15)6-11(7)17-12-10-5-8(2)21-13(10)19-14(18-12)20-16/h3-6H,16H2,1-2H3,(H2,17,18,19,20). The lowest BCUT2D eigenvalue weighted by atomic mass is 10.2. The molecule has 0 aliphatic heterocycles. The zero-order valence-corrected chi connectivity index (χ0v) is 12.4. The molecule has 0 bridgehead atoms. The van der Waals surface area contributed by atoms with E-state index in [0.717, 1.165) is 20.7 Å². The molecular weight excluding hydrogens is 289 g/mol. The van der Waals surface area contributed by atoms with Gasteiger partial charge >= 0.3 is 0 Å². The minimum atomic E-state index is -0.299. The van der Waals surface area contributed by atoms with Crippen LogP contribution in [0.4, 0.5) is 21.8 Å². The number of hydrazine groups is 1. The average Bonchev–Trinajstić information content (AvgIpc) is 2.83. The number of rotatable bonds is 3. The Morgan fingerprint density at radius 2 is 2.00 bits per heavy atom. The molecule has 1 aromatic carbocycles. The predicted octanol–water partition coefficient (Wildman–Crippen LogP) is 3.48. The van der Waals surface area contributed by atoms with E-state index < -0.39 is 0 Å². The summed E-state index contributed by atoms with van der Waals surface area (Å²) in [6, 6.07) is 6.59. The van der Waals surface area contributed by atoms with Gasteiger partial charge in [-0.2, -0.15) is 4.98 Å². The summed E-state index contributed by atoms with van der Waals surface area (Å²) < 4.78 is 13.4. The molecule has 0 saturated heterocycles. The van der Waals surface area contributed by atoms with Crippen LogP contribution < -0.4 is 16.6 Å². The summed E-state index contributed by atoms with van der Waals surface area (Å²) in [6.07, 6.45) is 0. The third-order valence-electron chi connectivity index (χ3n) is 3.10. The van der Waals surface area contributed by atoms with E-state index in [1.165, 1.54) is 12.1 Å². The van der Waals surface area contributed by atoms with Crippen molar-refractivity contribution < 1.29 is 4.39 Å². The molecular formula is C14H14FN5S. The molecule has 5 nitrogen and oxygen atoms in total. The quantitative estimate of drug-likeness (QED) is 0.510. The molecule has 0 spiro atoms. The highest BCUT2D eigenvalue weighted by molar-refractivity contribution is 7.18. The van der Waals surface area contributed by atoms with Gasteiger partial charge in [0.05, 0.1) is 5.39 Å². The Morgan fingerprint density at radius 3 is 2.76 bits per heavy atom. The molecule has 3 rings (SSSR count). The maximum Gasteiger partial charge on any atom is 0.240 e. The second-order valence-electron chi connectivity index (χ2n) is 4.70. The van der Waals surface area contributed by atoms with Crippen LogP contribution in [0.3, 0.4) is 0 Å². The number of aromatic nitrogens is 2. The third-order valence-corrected chi connectivity index (χ3v) is 4.04. The van der Waals surface area contributed by atoms with Gasteiger partial charge < -0.3 is 5.32 Å². The van der Waals surface area contributed by atoms with Crippen LogP contribution in [0.2, 0.25) is 0 Å². The fourth-order valence-electron chi connectivity index (χ4n) is 2.06. The second kappa shape index (κ2) is 5.27. The largest absolute Gasteiger partial charge is 0.339 e. The molecule has 0 amide bonds. The van der Waals surface area contributed by atoms with E-state index in [0.29, 0.717) is 17.5 Å². The van der Waals surface area contributed by atoms with E-state index >= 15 is 0 Å². The summed E-state index contributed by atoms with van der Waals surface area (Å²) in [5, 5.41) is 4.05. The number of hydrogen-bond donors (Lipinski definition) is 3. The van der Waals surface area contributed by atoms with Crippen LogP contribution in [0.1, 0.15) is 10.4 Å². The molecule has 0 aliphatic rings. The van der Waals surface area contributed by atoms with Crippen molar-refractivity contribution in [1.82, 2.24) is 9.97 Å². The topological polar surface area (TPSA) is 75.9 Å². The number of anilines is 3. The van der Waals surface area contributed by atoms with E-state index in [-0.39, 0.29) is 5.82 Å². The third kappa shape index (κ3) is 2.65. The van der Waals surface area contributed by atoms with E-state index in [4.69, 9.17) is 5.84 Å². The van der Waals surface area contributed by atoms with Gasteiger partial charge in [-0.1, -0.05) is 6.07 Å². The van der Waals surface area contributed by atoms with Crippen molar-refractivity contribution in [2.24, 2.45) is 5.84 Å². The smallest absolute Gasteiger partial charge is 0.240 e. The van der Waals surface area contributed by atoms with Crippen LogP contribution in [0.25, 0.3) is 10.2 Å². The first kappa shape index (κ1) is 13.7. The van der Waals surface area contributed by atoms with Gasteiger partial charge in [0.25, 0.3) is 0 Å². The average molecular weight is 303 g/mol. The Balaban J connectivity index is 2.12. The Kier molecular flexibility index (Phi) is 3.44. The summed E-state index contributed by atoms with van der Waals surface area (Å²) >= 11 is 1.55. The van der Waals surface area contributed by atoms with Crippen molar-refractivity contribution in [3.63, 3.8) is 0 Å². The number of thiophene rings is 1. The summed E-state index contributed by atoms with van der Waals surface area (Å²) in [4.78, 5) is 10.6. The molecule has 0 aliphatic carbocycles. The number of fused-ring (bicyclic) bond motifs is 1. The molecule has 0 saturated carbocycles. The number of nitrogens with one attached hydrogen (secondary N) is 2. The number of nitrogens with zero attached hydrogens (tertiary/aromatic N) is 2. The number of benzene rings is 1. The van der Waals surface area contributed by atoms with Crippen LogP contribution >= 0.6 is 11.3 Å². The van der Waals surface area contributed by atoms with E-state index in [1.807, 2.05) is 19.9 Å². The summed E-state index contributed by atoms with van der Waals surface area (Å²) in [5.74, 6) is 6.03. The number of halogens is 1. The van der Waals surface area contributed by atoms with Crippen LogP contribution in [0, 0.1) is 19.7 Å². The van der Waals surface area contributed by atoms with E-state index in [1.54, 1.807) is 17.4 Å². The lowest BCUT2D eigenvalue weighted by Gasteiger charge is -2.11. The fraction of sp³-hybridized carbons (Fsp3) is 0.143.